The third kappa shape index (κ3) is 7.78. The lowest BCUT2D eigenvalue weighted by Crippen LogP contribution is -3.11. The Bertz CT molecular complexity index is 3040. The Labute approximate surface area is 379 Å². The van der Waals surface area contributed by atoms with E-state index in [1.165, 1.54) is 23.2 Å². The zero-order valence-electron chi connectivity index (χ0n) is 34.9. The maximum atomic E-state index is 15.6. The van der Waals surface area contributed by atoms with Crippen LogP contribution in [0.15, 0.2) is 174 Å². The Hall–Kier alpha value is -7.19. The molecule has 0 bridgehead atoms. The number of pyridine rings is 1. The van der Waals surface area contributed by atoms with Gasteiger partial charge in [0.05, 0.1) is 42.2 Å². The zero-order valence-corrected chi connectivity index (χ0v) is 36.5. The second-order valence-electron chi connectivity index (χ2n) is 15.7. The van der Waals surface area contributed by atoms with Crippen molar-refractivity contribution in [2.24, 2.45) is 0 Å². The second-order valence-corrected chi connectivity index (χ2v) is 16.5. The van der Waals surface area contributed by atoms with Crippen LogP contribution >= 0.6 is 24.4 Å². The van der Waals surface area contributed by atoms with E-state index in [9.17, 15) is 5.11 Å². The first-order chi connectivity index (χ1) is 31.3. The van der Waals surface area contributed by atoms with Gasteiger partial charge in [0.2, 0.25) is 5.88 Å². The molecule has 13 heteroatoms. The Morgan fingerprint density at radius 1 is 0.703 bits per heavy atom. The van der Waals surface area contributed by atoms with E-state index in [0.29, 0.717) is 40.6 Å². The highest BCUT2D eigenvalue weighted by atomic mass is 32.1. The summed E-state index contributed by atoms with van der Waals surface area (Å²) in [4.78, 5) is 36.8. The van der Waals surface area contributed by atoms with E-state index in [4.69, 9.17) is 29.2 Å². The van der Waals surface area contributed by atoms with Gasteiger partial charge in [-0.05, 0) is 115 Å². The molecule has 0 saturated carbocycles. The van der Waals surface area contributed by atoms with Gasteiger partial charge in [0.15, 0.2) is 9.54 Å². The molecular weight excluding hydrogens is 841 g/mol. The van der Waals surface area contributed by atoms with Gasteiger partial charge in [-0.1, -0.05) is 84.9 Å². The number of para-hydroxylation sites is 4. The van der Waals surface area contributed by atoms with Gasteiger partial charge in [0, 0.05) is 41.2 Å². The maximum absolute atomic E-state index is 15.6. The van der Waals surface area contributed by atoms with Gasteiger partial charge in [-0.2, -0.15) is 0 Å². The monoisotopic (exact) mass is 884 g/mol. The summed E-state index contributed by atoms with van der Waals surface area (Å²) in [7, 11) is 1.61. The third-order valence-electron chi connectivity index (χ3n) is 12.0. The minimum Gasteiger partial charge on any atom is -0.859 e. The van der Waals surface area contributed by atoms with Gasteiger partial charge in [0.25, 0.3) is 11.1 Å². The van der Waals surface area contributed by atoms with Crippen LogP contribution in [0.5, 0.6) is 17.5 Å². The number of nitrogens with zero attached hydrogens (tertiary/aromatic N) is 5. The Kier molecular flexibility index (Phi) is 12.0. The highest BCUT2D eigenvalue weighted by Gasteiger charge is 2.35. The molecule has 1 fully saturated rings. The summed E-state index contributed by atoms with van der Waals surface area (Å²) in [5, 5.41) is 28.3. The molecule has 1 aliphatic rings. The molecule has 0 amide bonds. The van der Waals surface area contributed by atoms with Crippen molar-refractivity contribution >= 4 is 24.4 Å². The largest absolute Gasteiger partial charge is 0.859 e. The number of hydrogen-bond acceptors (Lipinski definition) is 8. The first kappa shape index (κ1) is 42.1. The van der Waals surface area contributed by atoms with Gasteiger partial charge < -0.3 is 24.4 Å². The Morgan fingerprint density at radius 2 is 1.23 bits per heavy atom. The van der Waals surface area contributed by atoms with Crippen LogP contribution in [0.1, 0.15) is 59.0 Å². The summed E-state index contributed by atoms with van der Waals surface area (Å²) in [6, 6.07) is 45.1. The van der Waals surface area contributed by atoms with Gasteiger partial charge in [-0.15, -0.1) is 0 Å². The minimum atomic E-state index is -1.47. The molecule has 0 spiro atoms. The fourth-order valence-electron chi connectivity index (χ4n) is 9.06. The van der Waals surface area contributed by atoms with Crippen molar-refractivity contribution in [3.63, 3.8) is 0 Å². The maximum Gasteiger partial charge on any atom is 0.266 e. The van der Waals surface area contributed by atoms with E-state index in [1.807, 2.05) is 42.6 Å². The van der Waals surface area contributed by atoms with E-state index in [1.54, 1.807) is 123 Å². The summed E-state index contributed by atoms with van der Waals surface area (Å²) in [5.41, 5.74) is 2.06. The molecule has 8 aromatic rings. The number of piperidine rings is 1. The van der Waals surface area contributed by atoms with Crippen LogP contribution in [0.25, 0.3) is 22.7 Å². The first-order valence-corrected chi connectivity index (χ1v) is 21.9. The number of likely N-dealkylation sites (tertiary alicyclic amines) is 1. The van der Waals surface area contributed by atoms with Crippen molar-refractivity contribution in [3.8, 4) is 40.3 Å². The molecule has 11 nitrogen and oxygen atoms in total. The number of nitrogens with one attached hydrogen (secondary N) is 1. The summed E-state index contributed by atoms with van der Waals surface area (Å²) < 4.78 is 11.3. The lowest BCUT2D eigenvalue weighted by molar-refractivity contribution is -0.950. The molecule has 3 aromatic heterocycles. The number of benzene rings is 5. The van der Waals surface area contributed by atoms with Gasteiger partial charge in [-0.3, -0.25) is 28.3 Å². The molecular formula is C51H44N6O5S2. The molecule has 4 heterocycles. The Morgan fingerprint density at radius 3 is 1.78 bits per heavy atom. The topological polar surface area (TPSA) is 124 Å². The molecule has 3 unspecified atom stereocenters. The fourth-order valence-corrected chi connectivity index (χ4v) is 9.81. The number of hydrogen-bond donors (Lipinski definition) is 2. The molecule has 0 aliphatic carbocycles. The number of methoxy groups -OCH3 is 1. The van der Waals surface area contributed by atoms with E-state index >= 15 is 14.7 Å². The Balaban J connectivity index is 1.39. The SMILES string of the molecule is COc1ccc(C(c2c([O-])n(-c3ccccc3)c(=S)n(-c3ccccc3)c2=O)c2c(O)n(-c3ccccc3)c(=S)n(-c3ccccc3)c2=O)cc1C[NH+]1CCCCC1c1cccnc1. The number of ether oxygens (including phenoxy) is 1. The molecule has 64 heavy (non-hydrogen) atoms. The summed E-state index contributed by atoms with van der Waals surface area (Å²) in [6.07, 6.45) is 6.77. The molecule has 3 atom stereocenters. The average molecular weight is 885 g/mol. The summed E-state index contributed by atoms with van der Waals surface area (Å²) >= 11 is 12.1. The lowest BCUT2D eigenvalue weighted by atomic mass is 9.85. The predicted octanol–water partition coefficient (Wildman–Crippen LogP) is 7.70. The van der Waals surface area contributed by atoms with Crippen LogP contribution < -0.4 is 25.9 Å². The van der Waals surface area contributed by atoms with E-state index in [0.717, 1.165) is 36.9 Å². The van der Waals surface area contributed by atoms with Crippen molar-refractivity contribution in [2.45, 2.75) is 37.8 Å². The summed E-state index contributed by atoms with van der Waals surface area (Å²) in [6.45, 7) is 1.41. The van der Waals surface area contributed by atoms with Gasteiger partial charge in [0.1, 0.15) is 18.3 Å². The second kappa shape index (κ2) is 18.3. The average Bonchev–Trinajstić information content (AvgIpc) is 3.33. The highest BCUT2D eigenvalue weighted by Crippen LogP contribution is 2.40. The standard InChI is InChI=1S/C51H44N6O5S2/c1-62-42-28-27-34(31-36(42)33-53-30-15-14-26-41(53)35-17-16-29-52-32-35)43(44-46(58)54(37-18-6-2-7-19-37)50(63)55(47(44)59)38-20-8-3-9-21-38)45-48(60)56(39-22-10-4-11-23-39)51(64)57(49(45)61)40-24-12-5-13-25-40/h2-13,16-25,27-29,31-32,41,43,58,60H,14-15,26,30,33H2,1H3. The van der Waals surface area contributed by atoms with Crippen LogP contribution in [-0.2, 0) is 6.54 Å². The van der Waals surface area contributed by atoms with Crippen molar-refractivity contribution < 1.29 is 19.8 Å². The lowest BCUT2D eigenvalue weighted by Gasteiger charge is -2.33. The van der Waals surface area contributed by atoms with Crippen molar-refractivity contribution in [2.75, 3.05) is 13.7 Å². The van der Waals surface area contributed by atoms with E-state index in [2.05, 4.69) is 11.1 Å². The fraction of sp³-hybridized carbons (Fsp3) is 0.157. The normalized spacial score (nSPS) is 15.4. The van der Waals surface area contributed by atoms with Crippen LogP contribution in [0, 0.1) is 9.54 Å². The van der Waals surface area contributed by atoms with Crippen molar-refractivity contribution in [1.82, 2.24) is 23.3 Å². The summed E-state index contributed by atoms with van der Waals surface area (Å²) in [5.74, 6) is -2.13. The number of aromatic hydroxyl groups is 1. The van der Waals surface area contributed by atoms with Crippen molar-refractivity contribution in [1.29, 1.82) is 0 Å². The van der Waals surface area contributed by atoms with Crippen LogP contribution in [0.2, 0.25) is 0 Å². The number of quaternary nitrogens is 1. The van der Waals surface area contributed by atoms with Gasteiger partial charge >= 0.3 is 0 Å². The number of aromatic nitrogens is 5. The first-order valence-electron chi connectivity index (χ1n) is 21.1. The minimum absolute atomic E-state index is 0.0164. The van der Waals surface area contributed by atoms with Crippen LogP contribution in [-0.4, -0.2) is 42.0 Å². The molecule has 5 aromatic carbocycles. The number of rotatable bonds is 11. The molecule has 9 rings (SSSR count). The predicted molar refractivity (Wildman–Crippen MR) is 250 cm³/mol. The van der Waals surface area contributed by atoms with E-state index in [-0.39, 0.29) is 26.7 Å². The van der Waals surface area contributed by atoms with Crippen LogP contribution in [0.3, 0.4) is 0 Å². The molecule has 1 saturated heterocycles. The zero-order chi connectivity index (χ0) is 44.3. The van der Waals surface area contributed by atoms with Gasteiger partial charge in [-0.25, -0.2) is 0 Å². The van der Waals surface area contributed by atoms with Crippen LogP contribution in [0.4, 0.5) is 0 Å². The molecule has 0 radical (unpaired) electrons. The molecule has 320 valence electrons. The molecule has 2 N–H and O–H groups in total. The quantitative estimate of drug-likeness (QED) is 0.127. The third-order valence-corrected chi connectivity index (χ3v) is 12.8. The van der Waals surface area contributed by atoms with E-state index < -0.39 is 28.8 Å². The molecule has 1 aliphatic heterocycles. The smallest absolute Gasteiger partial charge is 0.266 e. The van der Waals surface area contributed by atoms with Crippen molar-refractivity contribution in [3.05, 3.63) is 222 Å². The highest BCUT2D eigenvalue weighted by molar-refractivity contribution is 7.71.